The van der Waals surface area contributed by atoms with Crippen molar-refractivity contribution in [3.63, 3.8) is 0 Å². The minimum atomic E-state index is 0.116. The van der Waals surface area contributed by atoms with Crippen LogP contribution in [0.25, 0.3) is 0 Å². The Morgan fingerprint density at radius 2 is 1.62 bits per heavy atom. The molecule has 0 unspecified atom stereocenters. The number of ether oxygens (including phenoxy) is 1. The average molecular weight is 326 g/mol. The Morgan fingerprint density at radius 1 is 0.958 bits per heavy atom. The molecule has 2 aromatic carbocycles. The average Bonchev–Trinajstić information content (AvgIpc) is 2.59. The predicted molar refractivity (Wildman–Crippen MR) is 97.1 cm³/mol. The van der Waals surface area contributed by atoms with Crippen LogP contribution in [-0.4, -0.2) is 50.0 Å². The van der Waals surface area contributed by atoms with E-state index in [0.717, 1.165) is 23.4 Å². The molecule has 0 aliphatic rings. The van der Waals surface area contributed by atoms with Gasteiger partial charge in [-0.1, -0.05) is 48.5 Å². The van der Waals surface area contributed by atoms with Crippen LogP contribution in [0.15, 0.2) is 54.6 Å². The summed E-state index contributed by atoms with van der Waals surface area (Å²) in [4.78, 5) is 16.9. The first-order chi connectivity index (χ1) is 11.6. The Labute approximate surface area is 144 Å². The molecule has 0 N–H and O–H groups in total. The molecule has 24 heavy (non-hydrogen) atoms. The van der Waals surface area contributed by atoms with E-state index in [-0.39, 0.29) is 5.91 Å². The highest BCUT2D eigenvalue weighted by Gasteiger charge is 2.16. The third kappa shape index (κ3) is 5.39. The van der Waals surface area contributed by atoms with Gasteiger partial charge in [0.15, 0.2) is 0 Å². The summed E-state index contributed by atoms with van der Waals surface area (Å²) in [6, 6.07) is 17.8. The second-order valence-electron chi connectivity index (χ2n) is 6.09. The lowest BCUT2D eigenvalue weighted by molar-refractivity contribution is -0.131. The van der Waals surface area contributed by atoms with E-state index in [1.54, 1.807) is 7.11 Å². The third-order valence-electron chi connectivity index (χ3n) is 3.92. The second-order valence-corrected chi connectivity index (χ2v) is 6.09. The lowest BCUT2D eigenvalue weighted by Crippen LogP contribution is -2.37. The van der Waals surface area contributed by atoms with E-state index in [2.05, 4.69) is 17.0 Å². The van der Waals surface area contributed by atoms with Gasteiger partial charge in [0.1, 0.15) is 5.75 Å². The van der Waals surface area contributed by atoms with Gasteiger partial charge in [0, 0.05) is 25.2 Å². The number of amides is 1. The molecule has 0 fully saturated rings. The predicted octanol–water partition coefficient (Wildman–Crippen LogP) is 2.83. The summed E-state index contributed by atoms with van der Waals surface area (Å²) in [5, 5.41) is 0. The van der Waals surface area contributed by atoms with E-state index < -0.39 is 0 Å². The van der Waals surface area contributed by atoms with E-state index in [1.807, 2.05) is 61.5 Å². The minimum Gasteiger partial charge on any atom is -0.496 e. The number of methoxy groups -OCH3 is 1. The van der Waals surface area contributed by atoms with Crippen LogP contribution in [0.1, 0.15) is 11.1 Å². The fourth-order valence-corrected chi connectivity index (χ4v) is 2.54. The van der Waals surface area contributed by atoms with E-state index in [4.69, 9.17) is 4.74 Å². The highest BCUT2D eigenvalue weighted by molar-refractivity contribution is 5.79. The van der Waals surface area contributed by atoms with Gasteiger partial charge in [-0.05, 0) is 25.7 Å². The normalized spacial score (nSPS) is 10.7. The van der Waals surface area contributed by atoms with Gasteiger partial charge < -0.3 is 14.5 Å². The van der Waals surface area contributed by atoms with E-state index in [0.29, 0.717) is 19.5 Å². The minimum absolute atomic E-state index is 0.116. The number of likely N-dealkylation sites (N-methyl/N-ethyl adjacent to an activating group) is 1. The molecular weight excluding hydrogens is 300 g/mol. The van der Waals surface area contributed by atoms with Crippen LogP contribution in [0.3, 0.4) is 0 Å². The fraction of sp³-hybridized carbons (Fsp3) is 0.350. The van der Waals surface area contributed by atoms with Crippen molar-refractivity contribution in [1.29, 1.82) is 0 Å². The van der Waals surface area contributed by atoms with Gasteiger partial charge in [-0.2, -0.15) is 0 Å². The monoisotopic (exact) mass is 326 g/mol. The largest absolute Gasteiger partial charge is 0.496 e. The Morgan fingerprint density at radius 3 is 2.29 bits per heavy atom. The Bertz CT molecular complexity index is 641. The van der Waals surface area contributed by atoms with Crippen molar-refractivity contribution < 1.29 is 9.53 Å². The molecular formula is C20H26N2O2. The van der Waals surface area contributed by atoms with Crippen LogP contribution in [-0.2, 0) is 17.8 Å². The van der Waals surface area contributed by atoms with E-state index >= 15 is 0 Å². The zero-order valence-electron chi connectivity index (χ0n) is 14.7. The van der Waals surface area contributed by atoms with Crippen LogP contribution in [0.2, 0.25) is 0 Å². The molecule has 0 saturated heterocycles. The van der Waals surface area contributed by atoms with Gasteiger partial charge in [0.05, 0.1) is 13.5 Å². The summed E-state index contributed by atoms with van der Waals surface area (Å²) in [6.07, 6.45) is 0.351. The van der Waals surface area contributed by atoms with Crippen molar-refractivity contribution in [2.24, 2.45) is 0 Å². The number of carbonyl (C=O) groups is 1. The summed E-state index contributed by atoms with van der Waals surface area (Å²) in [7, 11) is 5.67. The molecule has 0 heterocycles. The number of carbonyl (C=O) groups excluding carboxylic acids is 1. The number of nitrogens with zero attached hydrogens (tertiary/aromatic N) is 2. The first kappa shape index (κ1) is 18.0. The second kappa shape index (κ2) is 9.08. The highest BCUT2D eigenvalue weighted by Crippen LogP contribution is 2.19. The zero-order chi connectivity index (χ0) is 17.4. The van der Waals surface area contributed by atoms with Gasteiger partial charge in [-0.15, -0.1) is 0 Å². The van der Waals surface area contributed by atoms with Crippen LogP contribution in [0.4, 0.5) is 0 Å². The van der Waals surface area contributed by atoms with Gasteiger partial charge in [-0.25, -0.2) is 0 Å². The van der Waals surface area contributed by atoms with Crippen molar-refractivity contribution in [2.75, 3.05) is 34.3 Å². The quantitative estimate of drug-likeness (QED) is 0.748. The molecule has 0 radical (unpaired) electrons. The first-order valence-electron chi connectivity index (χ1n) is 8.18. The molecule has 0 atom stereocenters. The highest BCUT2D eigenvalue weighted by atomic mass is 16.5. The molecule has 0 bridgehead atoms. The number of rotatable bonds is 8. The molecule has 128 valence electrons. The third-order valence-corrected chi connectivity index (χ3v) is 3.92. The number of benzene rings is 2. The maximum Gasteiger partial charge on any atom is 0.227 e. The van der Waals surface area contributed by atoms with Crippen LogP contribution < -0.4 is 4.74 Å². The van der Waals surface area contributed by atoms with Gasteiger partial charge in [-0.3, -0.25) is 4.79 Å². The summed E-state index contributed by atoms with van der Waals surface area (Å²) >= 11 is 0. The standard InChI is InChI=1S/C20H26N2O2/c1-21(2)13-14-22(16-17-9-5-4-6-10-17)20(23)15-18-11-7-8-12-19(18)24-3/h4-12H,13-16H2,1-3H3. The molecule has 2 rings (SSSR count). The smallest absolute Gasteiger partial charge is 0.227 e. The van der Waals surface area contributed by atoms with Gasteiger partial charge >= 0.3 is 0 Å². The molecule has 0 spiro atoms. The summed E-state index contributed by atoms with van der Waals surface area (Å²) in [5.74, 6) is 0.878. The maximum absolute atomic E-state index is 12.8. The van der Waals surface area contributed by atoms with E-state index in [9.17, 15) is 4.79 Å². The molecule has 0 aromatic heterocycles. The topological polar surface area (TPSA) is 32.8 Å². The summed E-state index contributed by atoms with van der Waals surface area (Å²) in [6.45, 7) is 2.17. The zero-order valence-corrected chi connectivity index (χ0v) is 14.7. The molecule has 0 aliphatic heterocycles. The van der Waals surface area contributed by atoms with Crippen molar-refractivity contribution >= 4 is 5.91 Å². The molecule has 2 aromatic rings. The van der Waals surface area contributed by atoms with Crippen molar-refractivity contribution in [3.05, 3.63) is 65.7 Å². The number of hydrogen-bond acceptors (Lipinski definition) is 3. The van der Waals surface area contributed by atoms with Crippen molar-refractivity contribution in [2.45, 2.75) is 13.0 Å². The van der Waals surface area contributed by atoms with E-state index in [1.165, 1.54) is 0 Å². The van der Waals surface area contributed by atoms with Gasteiger partial charge in [0.25, 0.3) is 0 Å². The SMILES string of the molecule is COc1ccccc1CC(=O)N(CCN(C)C)Cc1ccccc1. The van der Waals surface area contributed by atoms with Crippen LogP contribution >= 0.6 is 0 Å². The van der Waals surface area contributed by atoms with Crippen LogP contribution in [0.5, 0.6) is 5.75 Å². The summed E-state index contributed by atoms with van der Waals surface area (Å²) < 4.78 is 5.36. The Hall–Kier alpha value is -2.33. The molecule has 1 amide bonds. The fourth-order valence-electron chi connectivity index (χ4n) is 2.54. The van der Waals surface area contributed by atoms with Crippen LogP contribution in [0, 0.1) is 0 Å². The lowest BCUT2D eigenvalue weighted by Gasteiger charge is -2.25. The van der Waals surface area contributed by atoms with Gasteiger partial charge in [0.2, 0.25) is 5.91 Å². The number of hydrogen-bond donors (Lipinski definition) is 0. The van der Waals surface area contributed by atoms with Crippen molar-refractivity contribution in [1.82, 2.24) is 9.80 Å². The Balaban J connectivity index is 2.11. The first-order valence-corrected chi connectivity index (χ1v) is 8.18. The Kier molecular flexibility index (Phi) is 6.82. The lowest BCUT2D eigenvalue weighted by atomic mass is 10.1. The molecule has 4 nitrogen and oxygen atoms in total. The van der Waals surface area contributed by atoms with Crippen molar-refractivity contribution in [3.8, 4) is 5.75 Å². The molecule has 4 heteroatoms. The molecule has 0 aliphatic carbocycles. The summed E-state index contributed by atoms with van der Waals surface area (Å²) in [5.41, 5.74) is 2.07. The number of para-hydroxylation sites is 1. The maximum atomic E-state index is 12.8. The molecule has 0 saturated carbocycles.